The van der Waals surface area contributed by atoms with Gasteiger partial charge in [-0.05, 0) is 42.3 Å². The molecule has 0 bridgehead atoms. The first-order valence-corrected chi connectivity index (χ1v) is 5.73. The molecule has 0 saturated heterocycles. The summed E-state index contributed by atoms with van der Waals surface area (Å²) >= 11 is 0. The van der Waals surface area contributed by atoms with E-state index in [1.165, 1.54) is 12.1 Å². The zero-order valence-electron chi connectivity index (χ0n) is 10.4. The number of nitro groups is 1. The molecule has 0 amide bonds. The minimum absolute atomic E-state index is 0.0103. The molecule has 0 fully saturated rings. The Balaban J connectivity index is 2.16. The van der Waals surface area contributed by atoms with Crippen LogP contribution in [-0.2, 0) is 6.61 Å². The monoisotopic (exact) mass is 259 g/mol. The van der Waals surface area contributed by atoms with Gasteiger partial charge in [0, 0.05) is 12.1 Å². The Kier molecular flexibility index (Phi) is 3.77. The van der Waals surface area contributed by atoms with Crippen LogP contribution < -0.4 is 4.74 Å². The largest absolute Gasteiger partial charge is 0.457 e. The fourth-order valence-electron chi connectivity index (χ4n) is 1.68. The lowest BCUT2D eigenvalue weighted by atomic mass is 10.1. The zero-order valence-corrected chi connectivity index (χ0v) is 10.4. The summed E-state index contributed by atoms with van der Waals surface area (Å²) in [7, 11) is 0. The predicted octanol–water partition coefficient (Wildman–Crippen LogP) is 3.19. The van der Waals surface area contributed by atoms with Crippen LogP contribution in [0.3, 0.4) is 0 Å². The summed E-state index contributed by atoms with van der Waals surface area (Å²) in [6.07, 6.45) is 0. The number of nitro benzene ring substituents is 1. The number of nitrogens with zero attached hydrogens (tertiary/aromatic N) is 1. The fraction of sp³-hybridized carbons (Fsp3) is 0.143. The van der Waals surface area contributed by atoms with E-state index in [0.29, 0.717) is 11.5 Å². The van der Waals surface area contributed by atoms with Crippen LogP contribution in [0, 0.1) is 17.0 Å². The van der Waals surface area contributed by atoms with Gasteiger partial charge in [-0.25, -0.2) is 0 Å². The maximum absolute atomic E-state index is 10.5. The third kappa shape index (κ3) is 3.08. The molecule has 0 unspecified atom stereocenters. The van der Waals surface area contributed by atoms with Crippen molar-refractivity contribution in [1.82, 2.24) is 0 Å². The number of rotatable bonds is 4. The van der Waals surface area contributed by atoms with Crippen LogP contribution in [0.5, 0.6) is 11.5 Å². The van der Waals surface area contributed by atoms with E-state index < -0.39 is 4.92 Å². The van der Waals surface area contributed by atoms with Gasteiger partial charge in [-0.3, -0.25) is 10.1 Å². The molecule has 1 N–H and O–H groups in total. The van der Waals surface area contributed by atoms with Gasteiger partial charge in [0.25, 0.3) is 5.69 Å². The normalized spacial score (nSPS) is 10.2. The van der Waals surface area contributed by atoms with Gasteiger partial charge in [-0.2, -0.15) is 0 Å². The van der Waals surface area contributed by atoms with Gasteiger partial charge >= 0.3 is 0 Å². The predicted molar refractivity (Wildman–Crippen MR) is 70.3 cm³/mol. The van der Waals surface area contributed by atoms with Crippen molar-refractivity contribution in [3.05, 3.63) is 63.7 Å². The second-order valence-corrected chi connectivity index (χ2v) is 4.10. The fourth-order valence-corrected chi connectivity index (χ4v) is 1.68. The quantitative estimate of drug-likeness (QED) is 0.676. The second kappa shape index (κ2) is 5.49. The lowest BCUT2D eigenvalue weighted by Gasteiger charge is -2.08. The maximum atomic E-state index is 10.5. The molecule has 0 aliphatic heterocycles. The Bertz CT molecular complexity index is 593. The van der Waals surface area contributed by atoms with Gasteiger partial charge < -0.3 is 9.84 Å². The molecule has 98 valence electrons. The summed E-state index contributed by atoms with van der Waals surface area (Å²) in [5.41, 5.74) is 1.80. The Morgan fingerprint density at radius 1 is 1.16 bits per heavy atom. The Hall–Kier alpha value is -2.40. The van der Waals surface area contributed by atoms with Gasteiger partial charge in [-0.15, -0.1) is 0 Å². The van der Waals surface area contributed by atoms with Crippen LogP contribution in [0.25, 0.3) is 0 Å². The molecule has 19 heavy (non-hydrogen) atoms. The minimum Gasteiger partial charge on any atom is -0.457 e. The first-order chi connectivity index (χ1) is 9.10. The highest BCUT2D eigenvalue weighted by molar-refractivity contribution is 5.40. The van der Waals surface area contributed by atoms with Gasteiger partial charge in [0.15, 0.2) is 0 Å². The van der Waals surface area contributed by atoms with Crippen molar-refractivity contribution < 1.29 is 14.8 Å². The van der Waals surface area contributed by atoms with E-state index in [9.17, 15) is 10.1 Å². The Labute approximate surface area is 110 Å². The molecule has 0 aromatic heterocycles. The van der Waals surface area contributed by atoms with E-state index in [0.717, 1.165) is 11.1 Å². The molecule has 0 heterocycles. The van der Waals surface area contributed by atoms with Crippen LogP contribution in [0.4, 0.5) is 5.69 Å². The van der Waals surface area contributed by atoms with Crippen LogP contribution in [0.2, 0.25) is 0 Å². The van der Waals surface area contributed by atoms with Crippen molar-refractivity contribution >= 4 is 5.69 Å². The summed E-state index contributed by atoms with van der Waals surface area (Å²) < 4.78 is 5.59. The third-order valence-corrected chi connectivity index (χ3v) is 2.77. The van der Waals surface area contributed by atoms with Gasteiger partial charge in [-0.1, -0.05) is 6.07 Å². The molecular weight excluding hydrogens is 246 g/mol. The van der Waals surface area contributed by atoms with Crippen LogP contribution >= 0.6 is 0 Å². The summed E-state index contributed by atoms with van der Waals surface area (Å²) in [6.45, 7) is 1.87. The number of benzene rings is 2. The van der Waals surface area contributed by atoms with Crippen LogP contribution in [-0.4, -0.2) is 10.0 Å². The molecule has 2 aromatic rings. The summed E-state index contributed by atoms with van der Waals surface area (Å²) in [4.78, 5) is 10.1. The van der Waals surface area contributed by atoms with Gasteiger partial charge in [0.1, 0.15) is 11.5 Å². The van der Waals surface area contributed by atoms with E-state index in [1.807, 2.05) is 13.0 Å². The molecule has 0 aliphatic carbocycles. The zero-order chi connectivity index (χ0) is 13.8. The first kappa shape index (κ1) is 13.0. The number of hydrogen-bond acceptors (Lipinski definition) is 4. The SMILES string of the molecule is Cc1cc(Oc2ccc([N+](=O)[O-])cc2)ccc1CO. The molecule has 0 aliphatic rings. The lowest BCUT2D eigenvalue weighted by Crippen LogP contribution is -1.91. The van der Waals surface area contributed by atoms with Gasteiger partial charge in [0.05, 0.1) is 11.5 Å². The molecule has 0 saturated carbocycles. The number of non-ortho nitro benzene ring substituents is 1. The van der Waals surface area contributed by atoms with E-state index in [-0.39, 0.29) is 12.3 Å². The first-order valence-electron chi connectivity index (χ1n) is 5.73. The second-order valence-electron chi connectivity index (χ2n) is 4.10. The molecule has 0 radical (unpaired) electrons. The van der Waals surface area contributed by atoms with Crippen molar-refractivity contribution in [3.8, 4) is 11.5 Å². The number of hydrogen-bond donors (Lipinski definition) is 1. The summed E-state index contributed by atoms with van der Waals surface area (Å²) in [5, 5.41) is 19.6. The Morgan fingerprint density at radius 3 is 2.32 bits per heavy atom. The van der Waals surface area contributed by atoms with Gasteiger partial charge in [0.2, 0.25) is 0 Å². The lowest BCUT2D eigenvalue weighted by molar-refractivity contribution is -0.384. The molecular formula is C14H13NO4. The van der Waals surface area contributed by atoms with E-state index >= 15 is 0 Å². The highest BCUT2D eigenvalue weighted by Crippen LogP contribution is 2.25. The average molecular weight is 259 g/mol. The summed E-state index contributed by atoms with van der Waals surface area (Å²) in [5.74, 6) is 1.16. The number of aliphatic hydroxyl groups excluding tert-OH is 1. The molecule has 5 nitrogen and oxygen atoms in total. The minimum atomic E-state index is -0.454. The smallest absolute Gasteiger partial charge is 0.269 e. The molecule has 2 rings (SSSR count). The average Bonchev–Trinajstić information content (AvgIpc) is 2.39. The maximum Gasteiger partial charge on any atom is 0.269 e. The number of aryl methyl sites for hydroxylation is 1. The topological polar surface area (TPSA) is 72.6 Å². The van der Waals surface area contributed by atoms with Crippen LogP contribution in [0.15, 0.2) is 42.5 Å². The Morgan fingerprint density at radius 2 is 1.79 bits per heavy atom. The molecule has 0 spiro atoms. The van der Waals surface area contributed by atoms with Crippen molar-refractivity contribution in [2.75, 3.05) is 0 Å². The van der Waals surface area contributed by atoms with Crippen molar-refractivity contribution in [3.63, 3.8) is 0 Å². The van der Waals surface area contributed by atoms with E-state index in [4.69, 9.17) is 9.84 Å². The highest BCUT2D eigenvalue weighted by atomic mass is 16.6. The van der Waals surface area contributed by atoms with E-state index in [1.54, 1.807) is 24.3 Å². The summed E-state index contributed by atoms with van der Waals surface area (Å²) in [6, 6.07) is 11.2. The highest BCUT2D eigenvalue weighted by Gasteiger charge is 2.06. The number of aliphatic hydroxyl groups is 1. The van der Waals surface area contributed by atoms with E-state index in [2.05, 4.69) is 0 Å². The third-order valence-electron chi connectivity index (χ3n) is 2.77. The molecule has 2 aromatic carbocycles. The van der Waals surface area contributed by atoms with Crippen molar-refractivity contribution in [2.45, 2.75) is 13.5 Å². The molecule has 0 atom stereocenters. The van der Waals surface area contributed by atoms with Crippen molar-refractivity contribution in [1.29, 1.82) is 0 Å². The standard InChI is InChI=1S/C14H13NO4/c1-10-8-14(5-2-11(10)9-16)19-13-6-3-12(4-7-13)15(17)18/h2-8,16H,9H2,1H3. The van der Waals surface area contributed by atoms with Crippen molar-refractivity contribution in [2.24, 2.45) is 0 Å². The number of ether oxygens (including phenoxy) is 1. The molecule has 5 heteroatoms. The van der Waals surface area contributed by atoms with Crippen LogP contribution in [0.1, 0.15) is 11.1 Å².